The van der Waals surface area contributed by atoms with Gasteiger partial charge in [0.1, 0.15) is 11.3 Å². The minimum Gasteiger partial charge on any atom is -0.508 e. The number of thiophene rings is 1. The Hall–Kier alpha value is -2.50. The number of carbonyl (C=O) groups excluding carboxylic acids is 3. The van der Waals surface area contributed by atoms with E-state index in [1.54, 1.807) is 40.3 Å². The van der Waals surface area contributed by atoms with Crippen molar-refractivity contribution in [2.45, 2.75) is 29.1 Å². The van der Waals surface area contributed by atoms with E-state index in [1.807, 2.05) is 0 Å². The lowest BCUT2D eigenvalue weighted by Gasteiger charge is -2.41. The van der Waals surface area contributed by atoms with Crippen molar-refractivity contribution in [2.24, 2.45) is 5.92 Å². The third kappa shape index (κ3) is 3.78. The molecule has 1 aromatic carbocycles. The van der Waals surface area contributed by atoms with Crippen LogP contribution in [0.25, 0.3) is 0 Å². The number of hydrogen-bond donors (Lipinski definition) is 3. The van der Waals surface area contributed by atoms with Gasteiger partial charge in [-0.3, -0.25) is 14.9 Å². The van der Waals surface area contributed by atoms with Gasteiger partial charge in [0.2, 0.25) is 0 Å². The standard InChI is InChI=1S/C21H23BN4O4S2/c22-16-3-4-17(31-16)32-26-7-5-13(6-8-26)21(19(29)23-20(30)24-21)11-25-10-12-9-14(27)1-2-15(12)18(25)28/h1-4,9,13,27H,5-8,10-11,22H2,(H2,23,24,29,30). The third-order valence-corrected chi connectivity index (χ3v) is 8.67. The fourth-order valence-corrected chi connectivity index (χ4v) is 7.08. The number of amides is 4. The van der Waals surface area contributed by atoms with Crippen molar-refractivity contribution in [3.8, 4) is 5.75 Å². The Labute approximate surface area is 194 Å². The molecular formula is C21H23BN4O4S2. The van der Waals surface area contributed by atoms with Crippen LogP contribution in [0.4, 0.5) is 4.79 Å². The number of imide groups is 1. The number of nitrogens with zero attached hydrogens (tertiary/aromatic N) is 2. The molecule has 3 aliphatic rings. The number of hydrogen-bond acceptors (Lipinski definition) is 7. The first kappa shape index (κ1) is 21.4. The van der Waals surface area contributed by atoms with Crippen molar-refractivity contribution >= 4 is 53.8 Å². The highest BCUT2D eigenvalue weighted by Gasteiger charge is 2.54. The number of aromatic hydroxyl groups is 1. The number of fused-ring (bicyclic) bond motifs is 1. The lowest BCUT2D eigenvalue weighted by atomic mass is 9.77. The number of piperidine rings is 1. The first-order valence-electron chi connectivity index (χ1n) is 10.6. The molecule has 0 spiro atoms. The summed E-state index contributed by atoms with van der Waals surface area (Å²) in [5.41, 5.74) is 0.111. The summed E-state index contributed by atoms with van der Waals surface area (Å²) < 4.78 is 4.81. The summed E-state index contributed by atoms with van der Waals surface area (Å²) in [5, 5.41) is 15.0. The second-order valence-electron chi connectivity index (χ2n) is 8.54. The van der Waals surface area contributed by atoms with Crippen LogP contribution in [0.1, 0.15) is 28.8 Å². The number of nitrogens with one attached hydrogen (secondary N) is 2. The van der Waals surface area contributed by atoms with E-state index in [9.17, 15) is 19.5 Å². The first-order valence-corrected chi connectivity index (χ1v) is 12.2. The van der Waals surface area contributed by atoms with Crippen molar-refractivity contribution in [1.29, 1.82) is 0 Å². The predicted molar refractivity (Wildman–Crippen MR) is 125 cm³/mol. The maximum atomic E-state index is 13.0. The highest BCUT2D eigenvalue weighted by molar-refractivity contribution is 7.99. The van der Waals surface area contributed by atoms with Gasteiger partial charge in [-0.1, -0.05) is 6.07 Å². The van der Waals surface area contributed by atoms with Crippen LogP contribution in [-0.2, 0) is 11.3 Å². The number of carbonyl (C=O) groups is 3. The van der Waals surface area contributed by atoms with Crippen LogP contribution in [0.2, 0.25) is 0 Å². The molecular weight excluding hydrogens is 447 g/mol. The maximum absolute atomic E-state index is 13.0. The van der Waals surface area contributed by atoms with Crippen molar-refractivity contribution < 1.29 is 19.5 Å². The molecule has 3 N–H and O–H groups in total. The molecule has 32 heavy (non-hydrogen) atoms. The fraction of sp³-hybridized carbons (Fsp3) is 0.381. The summed E-state index contributed by atoms with van der Waals surface area (Å²) in [6, 6.07) is 8.39. The molecule has 0 bridgehead atoms. The molecule has 0 saturated carbocycles. The SMILES string of the molecule is Bc1ccc(SN2CCC(C3(CN4Cc5cc(O)ccc5C4=O)NC(=O)NC3=O)CC2)s1. The molecule has 4 heterocycles. The van der Waals surface area contributed by atoms with Gasteiger partial charge < -0.3 is 15.3 Å². The lowest BCUT2D eigenvalue weighted by Crippen LogP contribution is -2.61. The van der Waals surface area contributed by atoms with Gasteiger partial charge in [-0.15, -0.1) is 11.3 Å². The van der Waals surface area contributed by atoms with Crippen LogP contribution < -0.4 is 15.4 Å². The maximum Gasteiger partial charge on any atom is 0.322 e. The number of phenolic OH excluding ortho intramolecular Hbond substituents is 1. The van der Waals surface area contributed by atoms with Crippen LogP contribution >= 0.6 is 23.3 Å². The van der Waals surface area contributed by atoms with Gasteiger partial charge in [0, 0.05) is 25.2 Å². The zero-order valence-corrected chi connectivity index (χ0v) is 19.2. The number of rotatable bonds is 5. The Morgan fingerprint density at radius 1 is 1.19 bits per heavy atom. The van der Waals surface area contributed by atoms with E-state index in [-0.39, 0.29) is 30.0 Å². The molecule has 1 unspecified atom stereocenters. The Kier molecular flexibility index (Phi) is 5.43. The summed E-state index contributed by atoms with van der Waals surface area (Å²) in [5.74, 6) is -0.532. The van der Waals surface area contributed by atoms with Crippen LogP contribution in [0.3, 0.4) is 0 Å². The average molecular weight is 470 g/mol. The van der Waals surface area contributed by atoms with Gasteiger partial charge in [-0.05, 0) is 65.3 Å². The molecule has 2 aromatic rings. The zero-order chi connectivity index (χ0) is 22.5. The van der Waals surface area contributed by atoms with Gasteiger partial charge >= 0.3 is 6.03 Å². The second-order valence-corrected chi connectivity index (χ2v) is 11.2. The van der Waals surface area contributed by atoms with Crippen molar-refractivity contribution in [3.63, 3.8) is 0 Å². The molecule has 166 valence electrons. The van der Waals surface area contributed by atoms with E-state index in [0.717, 1.165) is 31.5 Å². The van der Waals surface area contributed by atoms with Gasteiger partial charge in [-0.25, -0.2) is 9.10 Å². The Balaban J connectivity index is 1.32. The summed E-state index contributed by atoms with van der Waals surface area (Å²) in [4.78, 5) is 39.7. The molecule has 2 fully saturated rings. The Morgan fingerprint density at radius 3 is 2.62 bits per heavy atom. The second kappa shape index (κ2) is 8.13. The smallest absolute Gasteiger partial charge is 0.322 e. The zero-order valence-electron chi connectivity index (χ0n) is 17.6. The quantitative estimate of drug-likeness (QED) is 0.337. The first-order chi connectivity index (χ1) is 15.3. The average Bonchev–Trinajstić information content (AvgIpc) is 3.39. The third-order valence-electron chi connectivity index (χ3n) is 6.46. The topological polar surface area (TPSA) is 102 Å². The van der Waals surface area contributed by atoms with Crippen LogP contribution in [0.15, 0.2) is 34.5 Å². The van der Waals surface area contributed by atoms with Crippen molar-refractivity contribution in [1.82, 2.24) is 19.8 Å². The fourth-order valence-electron chi connectivity index (χ4n) is 4.86. The van der Waals surface area contributed by atoms with E-state index in [0.29, 0.717) is 12.1 Å². The predicted octanol–water partition coefficient (Wildman–Crippen LogP) is 0.665. The molecule has 0 aliphatic carbocycles. The highest BCUT2D eigenvalue weighted by atomic mass is 32.2. The highest BCUT2D eigenvalue weighted by Crippen LogP contribution is 2.37. The summed E-state index contributed by atoms with van der Waals surface area (Å²) in [7, 11) is 2.09. The largest absolute Gasteiger partial charge is 0.508 e. The Morgan fingerprint density at radius 2 is 1.97 bits per heavy atom. The molecule has 1 aromatic heterocycles. The molecule has 5 rings (SSSR count). The van der Waals surface area contributed by atoms with Gasteiger partial charge in [-0.2, -0.15) is 0 Å². The molecule has 3 aliphatic heterocycles. The van der Waals surface area contributed by atoms with E-state index in [4.69, 9.17) is 0 Å². The van der Waals surface area contributed by atoms with Gasteiger partial charge in [0.15, 0.2) is 7.85 Å². The number of urea groups is 1. The van der Waals surface area contributed by atoms with E-state index < -0.39 is 11.6 Å². The molecule has 0 radical (unpaired) electrons. The molecule has 4 amide bonds. The summed E-state index contributed by atoms with van der Waals surface area (Å²) in [6.07, 6.45) is 1.47. The molecule has 2 saturated heterocycles. The van der Waals surface area contributed by atoms with E-state index in [2.05, 4.69) is 34.9 Å². The van der Waals surface area contributed by atoms with Crippen LogP contribution in [0.5, 0.6) is 5.75 Å². The molecule has 8 nitrogen and oxygen atoms in total. The molecule has 11 heteroatoms. The van der Waals surface area contributed by atoms with E-state index >= 15 is 0 Å². The normalized spacial score (nSPS) is 24.0. The minimum absolute atomic E-state index is 0.0826. The van der Waals surface area contributed by atoms with Crippen LogP contribution in [-0.4, -0.2) is 65.2 Å². The Bertz CT molecular complexity index is 1100. The monoisotopic (exact) mass is 470 g/mol. The number of benzene rings is 1. The van der Waals surface area contributed by atoms with Gasteiger partial charge in [0.25, 0.3) is 11.8 Å². The molecule has 1 atom stereocenters. The van der Waals surface area contributed by atoms with Crippen LogP contribution in [0, 0.1) is 5.92 Å². The van der Waals surface area contributed by atoms with Crippen molar-refractivity contribution in [3.05, 3.63) is 41.5 Å². The van der Waals surface area contributed by atoms with Gasteiger partial charge in [0.05, 0.1) is 10.8 Å². The summed E-state index contributed by atoms with van der Waals surface area (Å²) >= 11 is 3.49. The van der Waals surface area contributed by atoms with E-state index in [1.165, 1.54) is 15.1 Å². The number of phenols is 1. The van der Waals surface area contributed by atoms with Crippen molar-refractivity contribution in [2.75, 3.05) is 19.6 Å². The minimum atomic E-state index is -1.15. The summed E-state index contributed by atoms with van der Waals surface area (Å²) in [6.45, 7) is 2.00. The lowest BCUT2D eigenvalue weighted by molar-refractivity contribution is -0.127.